The van der Waals surface area contributed by atoms with Crippen molar-refractivity contribution in [2.75, 3.05) is 13.6 Å². The van der Waals surface area contributed by atoms with Gasteiger partial charge in [0.2, 0.25) is 5.56 Å². The molecule has 0 radical (unpaired) electrons. The number of aromatic amines is 1. The van der Waals surface area contributed by atoms with Gasteiger partial charge >= 0.3 is 0 Å². The average Bonchev–Trinajstić information content (AvgIpc) is 2.43. The maximum Gasteiger partial charge on any atom is 0.252 e. The normalized spacial score (nSPS) is 12.3. The van der Waals surface area contributed by atoms with Crippen molar-refractivity contribution >= 4 is 32.7 Å². The van der Waals surface area contributed by atoms with Crippen LogP contribution >= 0.6 is 15.9 Å². The smallest absolute Gasteiger partial charge is 0.252 e. The Morgan fingerprint density at radius 3 is 2.85 bits per heavy atom. The van der Waals surface area contributed by atoms with Crippen LogP contribution in [0, 0.1) is 0 Å². The molecule has 0 saturated carbocycles. The van der Waals surface area contributed by atoms with Gasteiger partial charge in [0.25, 0.3) is 5.91 Å². The topological polar surface area (TPSA) is 74.0 Å². The van der Waals surface area contributed by atoms with Gasteiger partial charge < -0.3 is 15.6 Å². The first-order chi connectivity index (χ1) is 9.51. The lowest BCUT2D eigenvalue weighted by atomic mass is 10.1. The lowest BCUT2D eigenvalue weighted by Gasteiger charge is -2.12. The Morgan fingerprint density at radius 1 is 1.40 bits per heavy atom. The summed E-state index contributed by atoms with van der Waals surface area (Å²) in [6.07, 6.45) is 0. The standard InChI is InChI=1S/C14H16BrN3O2/c1-8(16-2)7-17-14(20)11-6-13(19)18-12-4-3-9(15)5-10(11)12/h3-6,8,16H,7H2,1-2H3,(H,17,20)(H,18,19). The van der Waals surface area contributed by atoms with E-state index in [4.69, 9.17) is 0 Å². The van der Waals surface area contributed by atoms with E-state index in [0.29, 0.717) is 23.0 Å². The lowest BCUT2D eigenvalue weighted by molar-refractivity contribution is 0.0952. The van der Waals surface area contributed by atoms with E-state index in [9.17, 15) is 9.59 Å². The number of likely N-dealkylation sites (N-methyl/N-ethyl adjacent to an activating group) is 1. The van der Waals surface area contributed by atoms with Crippen LogP contribution in [0.25, 0.3) is 10.9 Å². The molecule has 1 amide bonds. The van der Waals surface area contributed by atoms with Crippen LogP contribution < -0.4 is 16.2 Å². The summed E-state index contributed by atoms with van der Waals surface area (Å²) in [7, 11) is 1.83. The van der Waals surface area contributed by atoms with Crippen molar-refractivity contribution in [3.63, 3.8) is 0 Å². The van der Waals surface area contributed by atoms with Gasteiger partial charge in [-0.2, -0.15) is 0 Å². The maximum atomic E-state index is 12.2. The summed E-state index contributed by atoms with van der Waals surface area (Å²) in [5.74, 6) is -0.249. The number of rotatable bonds is 4. The maximum absolute atomic E-state index is 12.2. The number of carbonyl (C=O) groups is 1. The Kier molecular flexibility index (Phi) is 4.57. The fraction of sp³-hybridized carbons (Fsp3) is 0.286. The summed E-state index contributed by atoms with van der Waals surface area (Å²) in [6, 6.07) is 6.91. The van der Waals surface area contributed by atoms with Crippen molar-refractivity contribution in [1.82, 2.24) is 15.6 Å². The lowest BCUT2D eigenvalue weighted by Crippen LogP contribution is -2.37. The number of H-pyrrole nitrogens is 1. The van der Waals surface area contributed by atoms with Crippen molar-refractivity contribution < 1.29 is 4.79 Å². The van der Waals surface area contributed by atoms with E-state index >= 15 is 0 Å². The van der Waals surface area contributed by atoms with Gasteiger partial charge in [-0.1, -0.05) is 15.9 Å². The first kappa shape index (κ1) is 14.7. The van der Waals surface area contributed by atoms with Gasteiger partial charge in [0.15, 0.2) is 0 Å². The van der Waals surface area contributed by atoms with E-state index in [-0.39, 0.29) is 17.5 Å². The van der Waals surface area contributed by atoms with Gasteiger partial charge in [0, 0.05) is 34.0 Å². The molecule has 0 aliphatic heterocycles. The zero-order chi connectivity index (χ0) is 14.7. The predicted molar refractivity (Wildman–Crippen MR) is 83.1 cm³/mol. The number of hydrogen-bond donors (Lipinski definition) is 3. The van der Waals surface area contributed by atoms with E-state index in [2.05, 4.69) is 31.5 Å². The second-order valence-electron chi connectivity index (χ2n) is 4.64. The highest BCUT2D eigenvalue weighted by atomic mass is 79.9. The second kappa shape index (κ2) is 6.19. The van der Waals surface area contributed by atoms with Crippen LogP contribution in [0.3, 0.4) is 0 Å². The number of aromatic nitrogens is 1. The summed E-state index contributed by atoms with van der Waals surface area (Å²) in [6.45, 7) is 2.46. The largest absolute Gasteiger partial charge is 0.350 e. The number of carbonyl (C=O) groups excluding carboxylic acids is 1. The van der Waals surface area contributed by atoms with Crippen molar-refractivity contribution in [2.24, 2.45) is 0 Å². The van der Waals surface area contributed by atoms with Gasteiger partial charge in [-0.25, -0.2) is 0 Å². The molecular weight excluding hydrogens is 322 g/mol. The number of nitrogens with one attached hydrogen (secondary N) is 3. The Labute approximate surface area is 124 Å². The van der Waals surface area contributed by atoms with Crippen LogP contribution in [0.2, 0.25) is 0 Å². The molecule has 0 aliphatic carbocycles. The van der Waals surface area contributed by atoms with Crippen LogP contribution in [0.1, 0.15) is 17.3 Å². The number of fused-ring (bicyclic) bond motifs is 1. The highest BCUT2D eigenvalue weighted by Gasteiger charge is 2.12. The third-order valence-electron chi connectivity index (χ3n) is 3.11. The summed E-state index contributed by atoms with van der Waals surface area (Å²) in [5, 5.41) is 6.57. The van der Waals surface area contributed by atoms with Crippen LogP contribution in [0.4, 0.5) is 0 Å². The number of hydrogen-bond acceptors (Lipinski definition) is 3. The van der Waals surface area contributed by atoms with E-state index in [1.165, 1.54) is 6.07 Å². The van der Waals surface area contributed by atoms with Crippen LogP contribution in [0.15, 0.2) is 33.5 Å². The Balaban J connectivity index is 2.39. The fourth-order valence-corrected chi connectivity index (χ4v) is 2.22. The highest BCUT2D eigenvalue weighted by molar-refractivity contribution is 9.10. The summed E-state index contributed by atoms with van der Waals surface area (Å²) >= 11 is 3.37. The predicted octanol–water partition coefficient (Wildman–Crippen LogP) is 1.63. The average molecular weight is 338 g/mol. The SMILES string of the molecule is CNC(C)CNC(=O)c1cc(=O)[nH]c2ccc(Br)cc12. The molecule has 1 atom stereocenters. The molecule has 106 valence electrons. The molecule has 2 aromatic rings. The monoisotopic (exact) mass is 337 g/mol. The molecule has 0 bridgehead atoms. The van der Waals surface area contributed by atoms with E-state index in [0.717, 1.165) is 4.47 Å². The van der Waals surface area contributed by atoms with Crippen molar-refractivity contribution in [2.45, 2.75) is 13.0 Å². The first-order valence-electron chi connectivity index (χ1n) is 6.29. The number of amides is 1. The fourth-order valence-electron chi connectivity index (χ4n) is 1.86. The molecule has 3 N–H and O–H groups in total. The Hall–Kier alpha value is -1.66. The minimum Gasteiger partial charge on any atom is -0.350 e. The van der Waals surface area contributed by atoms with Crippen LogP contribution in [0.5, 0.6) is 0 Å². The Bertz CT molecular complexity index is 696. The van der Waals surface area contributed by atoms with Crippen molar-refractivity contribution in [1.29, 1.82) is 0 Å². The van der Waals surface area contributed by atoms with E-state index < -0.39 is 0 Å². The number of pyridine rings is 1. The molecule has 20 heavy (non-hydrogen) atoms. The van der Waals surface area contributed by atoms with Crippen LogP contribution in [-0.2, 0) is 0 Å². The summed E-state index contributed by atoms with van der Waals surface area (Å²) in [5.41, 5.74) is 0.743. The van der Waals surface area contributed by atoms with Crippen molar-refractivity contribution in [3.05, 3.63) is 44.7 Å². The molecule has 0 fully saturated rings. The minimum atomic E-state index is -0.286. The molecule has 0 saturated heterocycles. The molecule has 1 aromatic carbocycles. The molecule has 6 heteroatoms. The van der Waals surface area contributed by atoms with E-state index in [1.54, 1.807) is 6.07 Å². The van der Waals surface area contributed by atoms with Crippen LogP contribution in [-0.4, -0.2) is 30.5 Å². The zero-order valence-corrected chi connectivity index (χ0v) is 12.9. The molecule has 0 spiro atoms. The van der Waals surface area contributed by atoms with E-state index in [1.807, 2.05) is 26.1 Å². The van der Waals surface area contributed by atoms with Gasteiger partial charge in [0.1, 0.15) is 0 Å². The quantitative estimate of drug-likeness (QED) is 0.793. The number of benzene rings is 1. The summed E-state index contributed by atoms with van der Waals surface area (Å²) in [4.78, 5) is 26.6. The van der Waals surface area contributed by atoms with Crippen molar-refractivity contribution in [3.8, 4) is 0 Å². The first-order valence-corrected chi connectivity index (χ1v) is 7.08. The van der Waals surface area contributed by atoms with Gasteiger partial charge in [-0.15, -0.1) is 0 Å². The highest BCUT2D eigenvalue weighted by Crippen LogP contribution is 2.20. The minimum absolute atomic E-state index is 0.166. The molecule has 1 heterocycles. The van der Waals surface area contributed by atoms with Gasteiger partial charge in [0.05, 0.1) is 5.56 Å². The third kappa shape index (κ3) is 3.26. The zero-order valence-electron chi connectivity index (χ0n) is 11.3. The molecule has 1 unspecified atom stereocenters. The van der Waals surface area contributed by atoms with Gasteiger partial charge in [-0.3, -0.25) is 9.59 Å². The Morgan fingerprint density at radius 2 is 2.15 bits per heavy atom. The molecule has 1 aromatic heterocycles. The molecule has 2 rings (SSSR count). The number of halogens is 1. The molecule has 5 nitrogen and oxygen atoms in total. The second-order valence-corrected chi connectivity index (χ2v) is 5.55. The van der Waals surface area contributed by atoms with Gasteiger partial charge in [-0.05, 0) is 32.2 Å². The third-order valence-corrected chi connectivity index (χ3v) is 3.60. The molecule has 0 aliphatic rings. The molecular formula is C14H16BrN3O2. The summed E-state index contributed by atoms with van der Waals surface area (Å²) < 4.78 is 0.856.